The largest absolute Gasteiger partial charge is 0.506 e. The van der Waals surface area contributed by atoms with Crippen LogP contribution in [0.4, 0.5) is 0 Å². The lowest BCUT2D eigenvalue weighted by molar-refractivity contribution is 0.468. The van der Waals surface area contributed by atoms with E-state index in [0.29, 0.717) is 17.9 Å². The fourth-order valence-electron chi connectivity index (χ4n) is 4.15. The molecule has 2 nitrogen and oxygen atoms in total. The maximum Gasteiger partial charge on any atom is 0.143 e. The Bertz CT molecular complexity index is 1210. The molecular weight excluding hydrogens is 676 g/mol. The molecule has 0 aliphatic rings. The Morgan fingerprint density at radius 3 is 1.18 bits per heavy atom. The Hall–Kier alpha value is -1.60. The number of rotatable bonds is 4. The second kappa shape index (κ2) is 9.57. The van der Waals surface area contributed by atoms with Crippen molar-refractivity contribution < 1.29 is 10.2 Å². The van der Waals surface area contributed by atoms with Crippen molar-refractivity contribution in [1.29, 1.82) is 0 Å². The van der Waals surface area contributed by atoms with Gasteiger partial charge in [0.25, 0.3) is 0 Å². The van der Waals surface area contributed by atoms with E-state index in [1.807, 2.05) is 36.4 Å². The highest BCUT2D eigenvalue weighted by Gasteiger charge is 2.29. The van der Waals surface area contributed by atoms with Crippen LogP contribution in [0.25, 0.3) is 22.3 Å². The van der Waals surface area contributed by atoms with Crippen LogP contribution in [0, 0.1) is 0 Å². The van der Waals surface area contributed by atoms with Gasteiger partial charge in [-0.15, -0.1) is 0 Å². The number of hydrogen-bond acceptors (Lipinski definition) is 2. The fourth-order valence-corrected chi connectivity index (χ4v) is 6.52. The summed E-state index contributed by atoms with van der Waals surface area (Å²) in [5.41, 5.74) is 6.17. The lowest BCUT2D eigenvalue weighted by Gasteiger charge is -2.31. The van der Waals surface area contributed by atoms with Crippen LogP contribution in [0.5, 0.6) is 11.5 Å². The van der Waals surface area contributed by atoms with Crippen LogP contribution in [0.3, 0.4) is 0 Å². The van der Waals surface area contributed by atoms with Gasteiger partial charge in [-0.25, -0.2) is 0 Å². The lowest BCUT2D eigenvalue weighted by atomic mass is 9.72. The molecule has 0 saturated carbocycles. The molecule has 0 amide bonds. The van der Waals surface area contributed by atoms with E-state index in [4.69, 9.17) is 0 Å². The minimum absolute atomic E-state index is 0.185. The van der Waals surface area contributed by atoms with Crippen molar-refractivity contribution in [2.24, 2.45) is 0 Å². The zero-order chi connectivity index (χ0) is 23.9. The summed E-state index contributed by atoms with van der Waals surface area (Å²) in [6.07, 6.45) is 0. The SMILES string of the molecule is CC(C)(c1ccccc1-c1cc(Br)c(O)c(Br)c1)c1ccccc1-c1cc(Br)c(O)c(Br)c1. The highest BCUT2D eigenvalue weighted by Crippen LogP contribution is 2.45. The molecule has 0 aromatic heterocycles. The first-order valence-corrected chi connectivity index (χ1v) is 13.3. The van der Waals surface area contributed by atoms with E-state index in [1.165, 1.54) is 11.1 Å². The molecule has 4 aromatic carbocycles. The Kier molecular flexibility index (Phi) is 7.11. The summed E-state index contributed by atoms with van der Waals surface area (Å²) in [6.45, 7) is 4.44. The normalized spacial score (nSPS) is 11.6. The van der Waals surface area contributed by atoms with Gasteiger partial charge in [-0.3, -0.25) is 0 Å². The number of benzene rings is 4. The van der Waals surface area contributed by atoms with Gasteiger partial charge in [0.1, 0.15) is 11.5 Å². The molecule has 4 rings (SSSR count). The maximum absolute atomic E-state index is 10.2. The van der Waals surface area contributed by atoms with Gasteiger partial charge in [0, 0.05) is 5.41 Å². The smallest absolute Gasteiger partial charge is 0.143 e. The van der Waals surface area contributed by atoms with Crippen LogP contribution in [0.1, 0.15) is 25.0 Å². The molecule has 33 heavy (non-hydrogen) atoms. The van der Waals surface area contributed by atoms with Gasteiger partial charge in [-0.1, -0.05) is 62.4 Å². The number of aromatic hydroxyl groups is 2. The van der Waals surface area contributed by atoms with Crippen molar-refractivity contribution >= 4 is 63.7 Å². The van der Waals surface area contributed by atoms with Gasteiger partial charge in [0.15, 0.2) is 0 Å². The molecule has 0 atom stereocenters. The lowest BCUT2D eigenvalue weighted by Crippen LogP contribution is -2.21. The summed E-state index contributed by atoms with van der Waals surface area (Å²) in [7, 11) is 0. The second-order valence-corrected chi connectivity index (χ2v) is 11.7. The molecular formula is C27H20Br4O2. The highest BCUT2D eigenvalue weighted by molar-refractivity contribution is 9.11. The van der Waals surface area contributed by atoms with Gasteiger partial charge in [-0.2, -0.15) is 0 Å². The van der Waals surface area contributed by atoms with E-state index in [-0.39, 0.29) is 16.9 Å². The zero-order valence-electron chi connectivity index (χ0n) is 17.8. The third kappa shape index (κ3) is 4.68. The van der Waals surface area contributed by atoms with Crippen LogP contribution >= 0.6 is 63.7 Å². The van der Waals surface area contributed by atoms with Crippen LogP contribution < -0.4 is 0 Å². The number of halogens is 4. The summed E-state index contributed by atoms with van der Waals surface area (Å²) in [4.78, 5) is 0. The van der Waals surface area contributed by atoms with Crippen LogP contribution in [-0.2, 0) is 5.41 Å². The minimum atomic E-state index is -0.346. The van der Waals surface area contributed by atoms with Crippen molar-refractivity contribution in [3.8, 4) is 33.8 Å². The summed E-state index contributed by atoms with van der Waals surface area (Å²) in [6, 6.07) is 24.5. The molecule has 168 valence electrons. The van der Waals surface area contributed by atoms with Gasteiger partial charge in [-0.05, 0) is 121 Å². The predicted molar refractivity (Wildman–Crippen MR) is 150 cm³/mol. The van der Waals surface area contributed by atoms with Crippen molar-refractivity contribution in [1.82, 2.24) is 0 Å². The Morgan fingerprint density at radius 2 is 0.848 bits per heavy atom. The van der Waals surface area contributed by atoms with Crippen LogP contribution in [0.15, 0.2) is 90.7 Å². The van der Waals surface area contributed by atoms with Gasteiger partial charge >= 0.3 is 0 Å². The first kappa shape index (κ1) is 24.5. The maximum atomic E-state index is 10.2. The molecule has 2 N–H and O–H groups in total. The van der Waals surface area contributed by atoms with Gasteiger partial charge in [0.05, 0.1) is 17.9 Å². The average molecular weight is 696 g/mol. The Morgan fingerprint density at radius 1 is 0.545 bits per heavy atom. The molecule has 0 saturated heterocycles. The van der Waals surface area contributed by atoms with E-state index < -0.39 is 0 Å². The van der Waals surface area contributed by atoms with E-state index in [2.05, 4.69) is 114 Å². The molecule has 0 unspecified atom stereocenters. The summed E-state index contributed by atoms with van der Waals surface area (Å²) in [5, 5.41) is 20.4. The molecule has 0 aliphatic heterocycles. The molecule has 0 heterocycles. The van der Waals surface area contributed by atoms with Crippen LogP contribution in [0.2, 0.25) is 0 Å². The van der Waals surface area contributed by atoms with E-state index >= 15 is 0 Å². The van der Waals surface area contributed by atoms with Gasteiger partial charge in [0.2, 0.25) is 0 Å². The first-order chi connectivity index (χ1) is 15.6. The van der Waals surface area contributed by atoms with Crippen molar-refractivity contribution in [3.63, 3.8) is 0 Å². The molecule has 0 spiro atoms. The van der Waals surface area contributed by atoms with E-state index in [9.17, 15) is 10.2 Å². The van der Waals surface area contributed by atoms with Crippen molar-refractivity contribution in [3.05, 3.63) is 102 Å². The number of hydrogen-bond donors (Lipinski definition) is 2. The Labute approximate surface area is 227 Å². The molecule has 0 aliphatic carbocycles. The third-order valence-corrected chi connectivity index (χ3v) is 8.27. The standard InChI is InChI=1S/C27H20Br4O2/c1-27(2,19-9-5-3-7-17(19)15-11-21(28)25(32)22(29)12-15)20-10-6-4-8-18(20)16-13-23(30)26(33)24(31)14-16/h3-14,32-33H,1-2H3. The number of phenols is 2. The van der Waals surface area contributed by atoms with E-state index in [0.717, 1.165) is 22.3 Å². The fraction of sp³-hybridized carbons (Fsp3) is 0.111. The average Bonchev–Trinajstić information content (AvgIpc) is 2.80. The Balaban J connectivity index is 1.92. The summed E-state index contributed by atoms with van der Waals surface area (Å²) in [5.74, 6) is 0.369. The first-order valence-electron chi connectivity index (χ1n) is 10.2. The topological polar surface area (TPSA) is 40.5 Å². The molecule has 0 fully saturated rings. The zero-order valence-corrected chi connectivity index (χ0v) is 24.2. The minimum Gasteiger partial charge on any atom is -0.506 e. The van der Waals surface area contributed by atoms with E-state index in [1.54, 1.807) is 0 Å². The molecule has 4 aromatic rings. The summed E-state index contributed by atoms with van der Waals surface area (Å²) < 4.78 is 2.55. The predicted octanol–water partition coefficient (Wildman–Crippen LogP) is 9.81. The number of phenolic OH excluding ortho intramolecular Hbond substituents is 2. The van der Waals surface area contributed by atoms with Gasteiger partial charge < -0.3 is 10.2 Å². The molecule has 6 heteroatoms. The third-order valence-electron chi connectivity index (χ3n) is 5.86. The van der Waals surface area contributed by atoms with Crippen LogP contribution in [-0.4, -0.2) is 10.2 Å². The molecule has 0 bridgehead atoms. The van der Waals surface area contributed by atoms with Crippen molar-refractivity contribution in [2.75, 3.05) is 0 Å². The monoisotopic (exact) mass is 692 g/mol. The highest BCUT2D eigenvalue weighted by atomic mass is 79.9. The van der Waals surface area contributed by atoms with Crippen molar-refractivity contribution in [2.45, 2.75) is 19.3 Å². The quantitative estimate of drug-likeness (QED) is 0.223. The second-order valence-electron chi connectivity index (χ2n) is 8.29. The molecule has 0 radical (unpaired) electrons. The summed E-state index contributed by atoms with van der Waals surface area (Å²) >= 11 is 13.9.